The third-order valence-corrected chi connectivity index (χ3v) is 21.1. The minimum absolute atomic E-state index is 0.00569. The number of carbonyl (C=O) groups is 2. The van der Waals surface area contributed by atoms with Crippen molar-refractivity contribution >= 4 is 11.9 Å². The van der Waals surface area contributed by atoms with Gasteiger partial charge in [0.2, 0.25) is 5.91 Å². The molecule has 8 aliphatic rings. The van der Waals surface area contributed by atoms with Crippen LogP contribution in [0.4, 0.5) is 0 Å². The molecule has 1 amide bonds. The van der Waals surface area contributed by atoms with E-state index in [1.165, 1.54) is 0 Å². The normalized spacial score (nSPS) is 53.9. The Bertz CT molecular complexity index is 1510. The Morgan fingerprint density at radius 1 is 0.596 bits per heavy atom. The molecule has 0 radical (unpaired) electrons. The average molecular weight is 798 g/mol. The minimum atomic E-state index is -0.764. The van der Waals surface area contributed by atoms with Gasteiger partial charge in [-0.25, -0.2) is 0 Å². The van der Waals surface area contributed by atoms with Crippen molar-refractivity contribution in [1.29, 1.82) is 0 Å². The van der Waals surface area contributed by atoms with Crippen molar-refractivity contribution in [2.45, 2.75) is 194 Å². The van der Waals surface area contributed by atoms with Gasteiger partial charge in [-0.05, 0) is 195 Å². The van der Waals surface area contributed by atoms with Gasteiger partial charge in [-0.3, -0.25) is 9.59 Å². The molecule has 0 aromatic carbocycles. The second-order valence-corrected chi connectivity index (χ2v) is 23.1. The van der Waals surface area contributed by atoms with E-state index in [4.69, 9.17) is 0 Å². The summed E-state index contributed by atoms with van der Waals surface area (Å²) in [5, 5.41) is 70.8. The number of rotatable bonds is 9. The molecule has 0 heterocycles. The smallest absolute Gasteiger partial charge is 0.303 e. The molecular formula is C48H79NO8. The molecule has 0 saturated heterocycles. The first kappa shape index (κ1) is 42.4. The number of carboxylic acids is 1. The Hall–Kier alpha value is -1.26. The lowest BCUT2D eigenvalue weighted by Gasteiger charge is -2.63. The van der Waals surface area contributed by atoms with E-state index < -0.39 is 24.3 Å². The summed E-state index contributed by atoms with van der Waals surface area (Å²) >= 11 is 0. The van der Waals surface area contributed by atoms with E-state index in [9.17, 15) is 40.2 Å². The molecule has 8 rings (SSSR count). The highest BCUT2D eigenvalue weighted by atomic mass is 16.4. The molecule has 8 aliphatic carbocycles. The summed E-state index contributed by atoms with van der Waals surface area (Å²) in [5.41, 5.74) is -0.514. The molecule has 0 aromatic heterocycles. The Labute approximate surface area is 342 Å². The maximum Gasteiger partial charge on any atom is 0.303 e. The van der Waals surface area contributed by atoms with Crippen LogP contribution in [0.3, 0.4) is 0 Å². The van der Waals surface area contributed by atoms with Crippen molar-refractivity contribution in [2.24, 2.45) is 92.7 Å². The van der Waals surface area contributed by atoms with E-state index in [1.807, 2.05) is 0 Å². The van der Waals surface area contributed by atoms with Gasteiger partial charge in [0.25, 0.3) is 0 Å². The van der Waals surface area contributed by atoms with Gasteiger partial charge in [-0.2, -0.15) is 0 Å². The number of aliphatic hydroxyl groups is 5. The molecule has 0 aliphatic heterocycles. The van der Waals surface area contributed by atoms with Crippen molar-refractivity contribution < 1.29 is 40.2 Å². The summed E-state index contributed by atoms with van der Waals surface area (Å²) in [5.74, 6) is 2.37. The highest BCUT2D eigenvalue weighted by molar-refractivity contribution is 5.76. The molecule has 8 fully saturated rings. The van der Waals surface area contributed by atoms with Crippen LogP contribution in [-0.2, 0) is 9.59 Å². The number of amides is 1. The summed E-state index contributed by atoms with van der Waals surface area (Å²) < 4.78 is 0. The first-order chi connectivity index (χ1) is 26.8. The van der Waals surface area contributed by atoms with Crippen molar-refractivity contribution in [3.63, 3.8) is 0 Å². The molecule has 9 nitrogen and oxygen atoms in total. The van der Waals surface area contributed by atoms with E-state index in [1.54, 1.807) is 0 Å². The van der Waals surface area contributed by atoms with E-state index in [0.29, 0.717) is 31.1 Å². The molecule has 7 N–H and O–H groups in total. The number of aliphatic carboxylic acids is 1. The predicted octanol–water partition coefficient (Wildman–Crippen LogP) is 6.95. The minimum Gasteiger partial charge on any atom is -0.481 e. The Kier molecular flexibility index (Phi) is 11.4. The van der Waals surface area contributed by atoms with Crippen molar-refractivity contribution in [3.8, 4) is 0 Å². The SMILES string of the molecule is CC(CCC(=O)N[C@H]1CC[C@@]2(C)[C@@H](C1)C[C@@H](O)[C@@H]1[C@@H]2C[C@H](O)[C@]2(C)C(C(C)CCC(=O)O)CC[C@@H]12)C1CC[C@H]2[C@@H]3[C@H](O)C[C@@H]4C[C@H](O)CC[C@]4(C)[C@H]3C[C@H](O)[C@]12C. The zero-order valence-corrected chi connectivity index (χ0v) is 36.1. The van der Waals surface area contributed by atoms with Crippen LogP contribution in [0.5, 0.6) is 0 Å². The van der Waals surface area contributed by atoms with Gasteiger partial charge >= 0.3 is 5.97 Å². The van der Waals surface area contributed by atoms with E-state index in [2.05, 4.69) is 46.9 Å². The Morgan fingerprint density at radius 2 is 1.07 bits per heavy atom. The first-order valence-electron chi connectivity index (χ1n) is 23.7. The van der Waals surface area contributed by atoms with Gasteiger partial charge in [-0.15, -0.1) is 0 Å². The molecule has 0 bridgehead atoms. The molecule has 0 spiro atoms. The van der Waals surface area contributed by atoms with Crippen molar-refractivity contribution in [3.05, 3.63) is 0 Å². The molecule has 9 heteroatoms. The van der Waals surface area contributed by atoms with Crippen LogP contribution in [0.25, 0.3) is 0 Å². The molecule has 57 heavy (non-hydrogen) atoms. The highest BCUT2D eigenvalue weighted by Crippen LogP contribution is 2.70. The lowest BCUT2D eigenvalue weighted by atomic mass is 9.43. The summed E-state index contributed by atoms with van der Waals surface area (Å²) in [7, 11) is 0. The third kappa shape index (κ3) is 6.70. The predicted molar refractivity (Wildman–Crippen MR) is 218 cm³/mol. The highest BCUT2D eigenvalue weighted by Gasteiger charge is 2.67. The topological polar surface area (TPSA) is 168 Å². The summed E-state index contributed by atoms with van der Waals surface area (Å²) in [6.45, 7) is 13.7. The van der Waals surface area contributed by atoms with Gasteiger partial charge in [0.1, 0.15) is 0 Å². The van der Waals surface area contributed by atoms with Gasteiger partial charge in [0.15, 0.2) is 0 Å². The zero-order chi connectivity index (χ0) is 41.0. The number of hydrogen-bond acceptors (Lipinski definition) is 7. The van der Waals surface area contributed by atoms with Crippen LogP contribution in [0, 0.1) is 92.7 Å². The van der Waals surface area contributed by atoms with Gasteiger partial charge in [-0.1, -0.05) is 41.5 Å². The van der Waals surface area contributed by atoms with E-state index >= 15 is 0 Å². The number of carbonyl (C=O) groups excluding carboxylic acids is 1. The van der Waals surface area contributed by atoms with Gasteiger partial charge in [0, 0.05) is 18.9 Å². The summed E-state index contributed by atoms with van der Waals surface area (Å²) in [6, 6.07) is 0.0868. The van der Waals surface area contributed by atoms with Gasteiger partial charge < -0.3 is 36.0 Å². The number of aliphatic hydroxyl groups excluding tert-OH is 5. The van der Waals surface area contributed by atoms with Crippen molar-refractivity contribution in [1.82, 2.24) is 5.32 Å². The van der Waals surface area contributed by atoms with Crippen LogP contribution in [0.1, 0.15) is 157 Å². The fourth-order valence-electron chi connectivity index (χ4n) is 17.8. The molecular weight excluding hydrogens is 719 g/mol. The van der Waals surface area contributed by atoms with Crippen LogP contribution in [-0.4, -0.2) is 79.1 Å². The Morgan fingerprint density at radius 3 is 1.58 bits per heavy atom. The fourth-order valence-corrected chi connectivity index (χ4v) is 17.8. The molecule has 0 aromatic rings. The summed E-state index contributed by atoms with van der Waals surface area (Å²) in [4.78, 5) is 25.0. The Balaban J connectivity index is 0.867. The van der Waals surface area contributed by atoms with Crippen LogP contribution < -0.4 is 5.32 Å². The maximum atomic E-state index is 13.7. The standard InChI is InChI=1S/C48H79NO8/c1-25(31-9-11-34-44-36(24-40(54)47(31,34)5)46(4)18-16-30(50)20-28(46)22-38(44)52)7-13-41(55)49-29-15-17-45(3)27(19-29)21-37(51)43-33-12-10-32(26(2)8-14-42(56)57)48(33,6)39(53)23-35(43)45/h25-40,43-44,50-54H,7-24H2,1-6H3,(H,49,55)(H,56,57)/t25?,26?,27-,28-,29-,30+,31?,32?,33-,34-,35-,36-,37+,38+,39-,40-,43-,44-,45-,46-,47+,48+/m0/s1. The monoisotopic (exact) mass is 798 g/mol. The van der Waals surface area contributed by atoms with Crippen LogP contribution >= 0.6 is 0 Å². The average Bonchev–Trinajstić information content (AvgIpc) is 3.70. The second-order valence-electron chi connectivity index (χ2n) is 23.1. The van der Waals surface area contributed by atoms with E-state index in [0.717, 1.165) is 89.9 Å². The number of carboxylic acid groups (broad SMARTS) is 1. The largest absolute Gasteiger partial charge is 0.481 e. The maximum absolute atomic E-state index is 13.7. The lowest BCUT2D eigenvalue weighted by molar-refractivity contribution is -0.207. The first-order valence-corrected chi connectivity index (χ1v) is 23.7. The second kappa shape index (κ2) is 15.3. The molecule has 8 saturated carbocycles. The van der Waals surface area contributed by atoms with Crippen LogP contribution in [0.15, 0.2) is 0 Å². The summed E-state index contributed by atoms with van der Waals surface area (Å²) in [6.07, 6.45) is 12.3. The molecule has 324 valence electrons. The number of hydrogen-bond donors (Lipinski definition) is 7. The van der Waals surface area contributed by atoms with Crippen LogP contribution in [0.2, 0.25) is 0 Å². The molecule has 4 unspecified atom stereocenters. The molecule has 22 atom stereocenters. The fraction of sp³-hybridized carbons (Fsp3) is 0.958. The van der Waals surface area contributed by atoms with E-state index in [-0.39, 0.29) is 111 Å². The zero-order valence-electron chi connectivity index (χ0n) is 36.1. The lowest BCUT2D eigenvalue weighted by Crippen LogP contribution is -2.63. The van der Waals surface area contributed by atoms with Gasteiger partial charge in [0.05, 0.1) is 30.5 Å². The quantitative estimate of drug-likeness (QED) is 0.132. The number of fused-ring (bicyclic) bond motifs is 10. The third-order valence-electron chi connectivity index (χ3n) is 21.1. The number of nitrogens with one attached hydrogen (secondary N) is 1. The van der Waals surface area contributed by atoms with Crippen molar-refractivity contribution in [2.75, 3.05) is 0 Å².